The Morgan fingerprint density at radius 2 is 1.65 bits per heavy atom. The Bertz CT molecular complexity index is 1090. The third kappa shape index (κ3) is 4.52. The monoisotopic (exact) mass is 414 g/mol. The van der Waals surface area contributed by atoms with Gasteiger partial charge in [-0.2, -0.15) is 0 Å². The van der Waals surface area contributed by atoms with Crippen LogP contribution >= 0.6 is 0 Å². The fourth-order valence-corrected chi connectivity index (χ4v) is 4.18. The van der Waals surface area contributed by atoms with Crippen molar-refractivity contribution in [1.82, 2.24) is 9.88 Å². The van der Waals surface area contributed by atoms with Gasteiger partial charge in [0, 0.05) is 30.3 Å². The van der Waals surface area contributed by atoms with Crippen molar-refractivity contribution in [2.45, 2.75) is 26.4 Å². The van der Waals surface area contributed by atoms with E-state index in [1.54, 1.807) is 30.5 Å². The lowest BCUT2D eigenvalue weighted by molar-refractivity contribution is -0.128. The number of hydrogen-bond donors (Lipinski definition) is 2. The topological polar surface area (TPSA) is 73.7 Å². The van der Waals surface area contributed by atoms with Crippen LogP contribution in [0.25, 0.3) is 6.08 Å². The normalized spacial score (nSPS) is 20.1. The number of aromatic nitrogens is 1. The average Bonchev–Trinajstić information content (AvgIpc) is 2.75. The number of phenolic OH excluding ortho intramolecular Hbond substituents is 2. The predicted octanol–water partition coefficient (Wildman–Crippen LogP) is 4.73. The summed E-state index contributed by atoms with van der Waals surface area (Å²) in [5, 5.41) is 19.4. The van der Waals surface area contributed by atoms with Gasteiger partial charge in [0.05, 0.1) is 11.7 Å². The van der Waals surface area contributed by atoms with Gasteiger partial charge < -0.3 is 10.2 Å². The first-order valence-corrected chi connectivity index (χ1v) is 10.3. The van der Waals surface area contributed by atoms with Crippen molar-refractivity contribution >= 4 is 11.9 Å². The van der Waals surface area contributed by atoms with Gasteiger partial charge in [0.15, 0.2) is 5.78 Å². The first-order chi connectivity index (χ1) is 14.8. The van der Waals surface area contributed by atoms with Crippen molar-refractivity contribution in [2.24, 2.45) is 5.41 Å². The lowest BCUT2D eigenvalue weighted by Crippen LogP contribution is -2.49. The summed E-state index contributed by atoms with van der Waals surface area (Å²) in [4.78, 5) is 20.2. The number of benzene rings is 2. The number of phenols is 2. The molecule has 0 amide bonds. The Morgan fingerprint density at radius 1 is 1.00 bits per heavy atom. The number of Topliss-reactive ketones (excluding diaryl/α,β-unsaturated/α-hetero) is 1. The molecular weight excluding hydrogens is 388 g/mol. The highest BCUT2D eigenvalue weighted by molar-refractivity contribution is 6.05. The van der Waals surface area contributed by atoms with Crippen LogP contribution in [0, 0.1) is 5.41 Å². The van der Waals surface area contributed by atoms with Crippen LogP contribution in [0.15, 0.2) is 78.5 Å². The van der Waals surface area contributed by atoms with Gasteiger partial charge in [-0.15, -0.1) is 0 Å². The maximum absolute atomic E-state index is 13.5. The highest BCUT2D eigenvalue weighted by Crippen LogP contribution is 2.42. The summed E-state index contributed by atoms with van der Waals surface area (Å²) in [7, 11) is 0. The Morgan fingerprint density at radius 3 is 2.26 bits per heavy atom. The van der Waals surface area contributed by atoms with Crippen molar-refractivity contribution in [3.05, 3.63) is 95.3 Å². The van der Waals surface area contributed by atoms with E-state index in [0.717, 1.165) is 16.8 Å². The number of pyridine rings is 1. The first kappa shape index (κ1) is 20.8. The van der Waals surface area contributed by atoms with Crippen molar-refractivity contribution in [1.29, 1.82) is 0 Å². The van der Waals surface area contributed by atoms with E-state index in [1.807, 2.05) is 62.4 Å². The summed E-state index contributed by atoms with van der Waals surface area (Å²) in [6, 6.07) is 19.5. The SMILES string of the molecule is CC1(C)CN(Cc2ccc(O)cc2)C(c2ccc(O)cc2)/C(=C\c2ccccn2)C1=O. The van der Waals surface area contributed by atoms with Gasteiger partial charge in [-0.05, 0) is 53.6 Å². The molecule has 1 unspecified atom stereocenters. The van der Waals surface area contributed by atoms with E-state index in [1.165, 1.54) is 0 Å². The minimum Gasteiger partial charge on any atom is -0.508 e. The van der Waals surface area contributed by atoms with Crippen LogP contribution in [-0.4, -0.2) is 32.4 Å². The molecule has 0 aliphatic carbocycles. The van der Waals surface area contributed by atoms with Crippen LogP contribution in [0.3, 0.4) is 0 Å². The van der Waals surface area contributed by atoms with Crippen LogP contribution in [0.4, 0.5) is 0 Å². The molecule has 31 heavy (non-hydrogen) atoms. The predicted molar refractivity (Wildman–Crippen MR) is 120 cm³/mol. The van der Waals surface area contributed by atoms with Crippen molar-refractivity contribution in [3.8, 4) is 11.5 Å². The van der Waals surface area contributed by atoms with E-state index in [4.69, 9.17) is 0 Å². The van der Waals surface area contributed by atoms with Crippen LogP contribution < -0.4 is 0 Å². The molecule has 2 aromatic carbocycles. The molecule has 1 aliphatic rings. The quantitative estimate of drug-likeness (QED) is 0.604. The smallest absolute Gasteiger partial charge is 0.167 e. The number of likely N-dealkylation sites (tertiary alicyclic amines) is 1. The summed E-state index contributed by atoms with van der Waals surface area (Å²) < 4.78 is 0. The van der Waals surface area contributed by atoms with Gasteiger partial charge in [-0.25, -0.2) is 0 Å². The molecular formula is C26H26N2O3. The zero-order valence-corrected chi connectivity index (χ0v) is 17.7. The van der Waals surface area contributed by atoms with Gasteiger partial charge in [0.25, 0.3) is 0 Å². The van der Waals surface area contributed by atoms with Crippen LogP contribution in [0.5, 0.6) is 11.5 Å². The average molecular weight is 415 g/mol. The Kier molecular flexibility index (Phi) is 5.61. The summed E-state index contributed by atoms with van der Waals surface area (Å²) in [5.41, 5.74) is 2.83. The van der Waals surface area contributed by atoms with Gasteiger partial charge >= 0.3 is 0 Å². The molecule has 1 saturated heterocycles. The highest BCUT2D eigenvalue weighted by atomic mass is 16.3. The second kappa shape index (κ2) is 8.36. The molecule has 2 heterocycles. The van der Waals surface area contributed by atoms with E-state index >= 15 is 0 Å². The lowest BCUT2D eigenvalue weighted by atomic mass is 9.74. The second-order valence-corrected chi connectivity index (χ2v) is 8.63. The standard InChI is InChI=1S/C26H26N2O3/c1-26(2)17-28(16-18-6-10-21(29)11-7-18)24(19-8-12-22(30)13-9-19)23(25(26)31)15-20-5-3-4-14-27-20/h3-15,24,29-30H,16-17H2,1-2H3/b23-15+. The molecule has 0 saturated carbocycles. The summed E-state index contributed by atoms with van der Waals surface area (Å²) >= 11 is 0. The second-order valence-electron chi connectivity index (χ2n) is 8.63. The third-order valence-electron chi connectivity index (χ3n) is 5.66. The molecule has 0 radical (unpaired) electrons. The molecule has 158 valence electrons. The lowest BCUT2D eigenvalue weighted by Gasteiger charge is -2.44. The van der Waals surface area contributed by atoms with Gasteiger partial charge in [-0.1, -0.05) is 44.2 Å². The van der Waals surface area contributed by atoms with E-state index in [0.29, 0.717) is 18.7 Å². The Balaban J connectivity index is 1.82. The molecule has 5 heteroatoms. The Hall–Kier alpha value is -3.44. The maximum atomic E-state index is 13.5. The fourth-order valence-electron chi connectivity index (χ4n) is 4.18. The van der Waals surface area contributed by atoms with E-state index in [9.17, 15) is 15.0 Å². The highest BCUT2D eigenvalue weighted by Gasteiger charge is 2.43. The van der Waals surface area contributed by atoms with E-state index in [-0.39, 0.29) is 23.3 Å². The molecule has 1 atom stereocenters. The third-order valence-corrected chi connectivity index (χ3v) is 5.66. The number of nitrogens with zero attached hydrogens (tertiary/aromatic N) is 2. The van der Waals surface area contributed by atoms with E-state index < -0.39 is 5.41 Å². The van der Waals surface area contributed by atoms with Crippen molar-refractivity contribution < 1.29 is 15.0 Å². The first-order valence-electron chi connectivity index (χ1n) is 10.3. The number of carbonyl (C=O) groups excluding carboxylic acids is 1. The van der Waals surface area contributed by atoms with Crippen molar-refractivity contribution in [3.63, 3.8) is 0 Å². The zero-order valence-electron chi connectivity index (χ0n) is 17.7. The number of ketones is 1. The summed E-state index contributed by atoms with van der Waals surface area (Å²) in [6.45, 7) is 5.14. The fraction of sp³-hybridized carbons (Fsp3) is 0.231. The number of rotatable bonds is 4. The van der Waals surface area contributed by atoms with Gasteiger partial charge in [-0.3, -0.25) is 14.7 Å². The van der Waals surface area contributed by atoms with Crippen molar-refractivity contribution in [2.75, 3.05) is 6.54 Å². The van der Waals surface area contributed by atoms with Crippen LogP contribution in [0.2, 0.25) is 0 Å². The van der Waals surface area contributed by atoms with Crippen LogP contribution in [-0.2, 0) is 11.3 Å². The minimum atomic E-state index is -0.565. The molecule has 4 rings (SSSR count). The number of piperidine rings is 1. The molecule has 3 aromatic rings. The van der Waals surface area contributed by atoms with Crippen LogP contribution in [0.1, 0.15) is 36.7 Å². The zero-order chi connectivity index (χ0) is 22.0. The largest absolute Gasteiger partial charge is 0.508 e. The number of carbonyl (C=O) groups is 1. The van der Waals surface area contributed by atoms with Gasteiger partial charge in [0.2, 0.25) is 0 Å². The maximum Gasteiger partial charge on any atom is 0.167 e. The number of aromatic hydroxyl groups is 2. The molecule has 1 aromatic heterocycles. The summed E-state index contributed by atoms with van der Waals surface area (Å²) in [5.74, 6) is 0.508. The molecule has 1 aliphatic heterocycles. The van der Waals surface area contributed by atoms with Gasteiger partial charge in [0.1, 0.15) is 11.5 Å². The summed E-state index contributed by atoms with van der Waals surface area (Å²) in [6.07, 6.45) is 3.60. The molecule has 0 spiro atoms. The molecule has 2 N–H and O–H groups in total. The number of hydrogen-bond acceptors (Lipinski definition) is 5. The minimum absolute atomic E-state index is 0.0955. The Labute approximate surface area is 182 Å². The molecule has 1 fully saturated rings. The molecule has 5 nitrogen and oxygen atoms in total. The molecule has 0 bridgehead atoms. The van der Waals surface area contributed by atoms with E-state index in [2.05, 4.69) is 9.88 Å².